The lowest BCUT2D eigenvalue weighted by atomic mass is 10.1. The molecule has 0 aliphatic rings. The lowest BCUT2D eigenvalue weighted by Gasteiger charge is -2.06. The Kier molecular flexibility index (Phi) is 3.82. The van der Waals surface area contributed by atoms with Crippen LogP contribution in [0.3, 0.4) is 0 Å². The van der Waals surface area contributed by atoms with Crippen LogP contribution in [0.4, 0.5) is 4.39 Å². The number of hydrogen-bond acceptors (Lipinski definition) is 2. The largest absolute Gasteiger partial charge is 0.460 e. The van der Waals surface area contributed by atoms with Crippen LogP contribution in [-0.4, -0.2) is 6.04 Å². The maximum absolute atomic E-state index is 13.8. The van der Waals surface area contributed by atoms with E-state index >= 15 is 0 Å². The molecule has 0 spiro atoms. The first-order valence-electron chi connectivity index (χ1n) is 6.15. The summed E-state index contributed by atoms with van der Waals surface area (Å²) in [7, 11) is 0. The van der Waals surface area contributed by atoms with E-state index in [1.807, 2.05) is 25.1 Å². The first kappa shape index (κ1) is 12.8. The van der Waals surface area contributed by atoms with E-state index in [4.69, 9.17) is 4.42 Å². The summed E-state index contributed by atoms with van der Waals surface area (Å²) in [6.07, 6.45) is 0. The molecule has 2 aromatic rings. The number of halogens is 1. The van der Waals surface area contributed by atoms with Gasteiger partial charge in [-0.2, -0.15) is 0 Å². The van der Waals surface area contributed by atoms with Crippen molar-refractivity contribution in [3.8, 4) is 11.3 Å². The number of hydrogen-bond donors (Lipinski definition) is 1. The lowest BCUT2D eigenvalue weighted by Crippen LogP contribution is -2.21. The summed E-state index contributed by atoms with van der Waals surface area (Å²) >= 11 is 0. The van der Waals surface area contributed by atoms with Crippen molar-refractivity contribution in [1.82, 2.24) is 5.32 Å². The molecule has 0 radical (unpaired) electrons. The van der Waals surface area contributed by atoms with Gasteiger partial charge in [-0.3, -0.25) is 0 Å². The minimum Gasteiger partial charge on any atom is -0.460 e. The average molecular weight is 247 g/mol. The molecule has 0 aliphatic heterocycles. The smallest absolute Gasteiger partial charge is 0.137 e. The highest BCUT2D eigenvalue weighted by atomic mass is 19.1. The zero-order chi connectivity index (χ0) is 13.1. The van der Waals surface area contributed by atoms with Gasteiger partial charge in [0.2, 0.25) is 0 Å². The molecule has 1 aromatic heterocycles. The number of aryl methyl sites for hydroxylation is 1. The number of nitrogens with one attached hydrogen (secondary N) is 1. The molecule has 0 amide bonds. The lowest BCUT2D eigenvalue weighted by molar-refractivity contribution is 0.471. The Morgan fingerprint density at radius 3 is 2.67 bits per heavy atom. The summed E-state index contributed by atoms with van der Waals surface area (Å²) in [5.74, 6) is 1.17. The molecule has 96 valence electrons. The van der Waals surface area contributed by atoms with Gasteiger partial charge in [-0.05, 0) is 30.7 Å². The van der Waals surface area contributed by atoms with Crippen molar-refractivity contribution >= 4 is 0 Å². The zero-order valence-electron chi connectivity index (χ0n) is 11.0. The topological polar surface area (TPSA) is 25.2 Å². The second kappa shape index (κ2) is 5.36. The van der Waals surface area contributed by atoms with Gasteiger partial charge in [0.15, 0.2) is 0 Å². The molecule has 0 atom stereocenters. The Hall–Kier alpha value is -1.61. The Bertz CT molecular complexity index is 511. The molecule has 1 N–H and O–H groups in total. The first-order chi connectivity index (χ1) is 8.58. The molecule has 0 unspecified atom stereocenters. The second-order valence-corrected chi connectivity index (χ2v) is 4.73. The van der Waals surface area contributed by atoms with E-state index in [9.17, 15) is 4.39 Å². The van der Waals surface area contributed by atoms with Crippen LogP contribution in [-0.2, 0) is 6.54 Å². The Morgan fingerprint density at radius 1 is 1.22 bits per heavy atom. The van der Waals surface area contributed by atoms with Crippen LogP contribution in [0, 0.1) is 12.7 Å². The summed E-state index contributed by atoms with van der Waals surface area (Å²) in [6, 6.07) is 9.15. The second-order valence-electron chi connectivity index (χ2n) is 4.73. The van der Waals surface area contributed by atoms with Crippen molar-refractivity contribution in [2.45, 2.75) is 33.4 Å². The van der Waals surface area contributed by atoms with E-state index in [1.165, 1.54) is 6.07 Å². The summed E-state index contributed by atoms with van der Waals surface area (Å²) < 4.78 is 19.5. The van der Waals surface area contributed by atoms with Gasteiger partial charge in [0.25, 0.3) is 0 Å². The highest BCUT2D eigenvalue weighted by Crippen LogP contribution is 2.28. The highest BCUT2D eigenvalue weighted by Gasteiger charge is 2.12. The van der Waals surface area contributed by atoms with Gasteiger partial charge >= 0.3 is 0 Å². The molecule has 3 heteroatoms. The zero-order valence-corrected chi connectivity index (χ0v) is 11.0. The summed E-state index contributed by atoms with van der Waals surface area (Å²) in [6.45, 7) is 6.69. The molecule has 1 aromatic carbocycles. The van der Waals surface area contributed by atoms with Crippen LogP contribution in [0.1, 0.15) is 25.2 Å². The minimum absolute atomic E-state index is 0.243. The molecular formula is C15H18FNO. The van der Waals surface area contributed by atoms with Crippen LogP contribution in [0.2, 0.25) is 0 Å². The molecule has 1 heterocycles. The van der Waals surface area contributed by atoms with Gasteiger partial charge < -0.3 is 9.73 Å². The number of benzene rings is 1. The Balaban J connectivity index is 2.24. The third-order valence-electron chi connectivity index (χ3n) is 2.81. The maximum Gasteiger partial charge on any atom is 0.137 e. The van der Waals surface area contributed by atoms with E-state index in [0.717, 1.165) is 11.3 Å². The summed E-state index contributed by atoms with van der Waals surface area (Å²) in [4.78, 5) is 0. The van der Waals surface area contributed by atoms with Crippen LogP contribution < -0.4 is 5.32 Å². The first-order valence-corrected chi connectivity index (χ1v) is 6.15. The number of rotatable bonds is 4. The van der Waals surface area contributed by atoms with Gasteiger partial charge in [-0.1, -0.05) is 26.0 Å². The molecule has 0 bridgehead atoms. The van der Waals surface area contributed by atoms with E-state index in [0.29, 0.717) is 23.9 Å². The Labute approximate surface area is 107 Å². The molecule has 0 aliphatic carbocycles. The van der Waals surface area contributed by atoms with Gasteiger partial charge in [-0.15, -0.1) is 0 Å². The molecule has 2 rings (SSSR count). The van der Waals surface area contributed by atoms with Crippen molar-refractivity contribution in [2.75, 3.05) is 0 Å². The maximum atomic E-state index is 13.8. The predicted molar refractivity (Wildman–Crippen MR) is 70.8 cm³/mol. The molecular weight excluding hydrogens is 229 g/mol. The van der Waals surface area contributed by atoms with Gasteiger partial charge in [-0.25, -0.2) is 4.39 Å². The van der Waals surface area contributed by atoms with Gasteiger partial charge in [0, 0.05) is 6.04 Å². The predicted octanol–water partition coefficient (Wildman–Crippen LogP) is 3.89. The van der Waals surface area contributed by atoms with Crippen LogP contribution in [0.5, 0.6) is 0 Å². The standard InChI is InChI=1S/C15H18FNO/c1-10(2)17-9-12-7-8-14(18-12)15-11(3)5-4-6-13(15)16/h4-8,10,17H,9H2,1-3H3. The fourth-order valence-electron chi connectivity index (χ4n) is 1.86. The average Bonchev–Trinajstić information content (AvgIpc) is 2.75. The molecule has 2 nitrogen and oxygen atoms in total. The normalized spacial score (nSPS) is 11.2. The van der Waals surface area contributed by atoms with E-state index in [2.05, 4.69) is 19.2 Å². The van der Waals surface area contributed by atoms with Crippen molar-refractivity contribution in [3.63, 3.8) is 0 Å². The van der Waals surface area contributed by atoms with Crippen molar-refractivity contribution in [1.29, 1.82) is 0 Å². The van der Waals surface area contributed by atoms with Crippen LogP contribution in [0.25, 0.3) is 11.3 Å². The highest BCUT2D eigenvalue weighted by molar-refractivity contribution is 5.62. The van der Waals surface area contributed by atoms with Gasteiger partial charge in [0.05, 0.1) is 12.1 Å². The van der Waals surface area contributed by atoms with Crippen LogP contribution >= 0.6 is 0 Å². The fourth-order valence-corrected chi connectivity index (χ4v) is 1.86. The SMILES string of the molecule is Cc1cccc(F)c1-c1ccc(CNC(C)C)o1. The monoisotopic (exact) mass is 247 g/mol. The molecule has 0 saturated carbocycles. The van der Waals surface area contributed by atoms with E-state index in [1.54, 1.807) is 6.07 Å². The van der Waals surface area contributed by atoms with Gasteiger partial charge in [0.1, 0.15) is 17.3 Å². The van der Waals surface area contributed by atoms with E-state index in [-0.39, 0.29) is 5.82 Å². The fraction of sp³-hybridized carbons (Fsp3) is 0.333. The summed E-state index contributed by atoms with van der Waals surface area (Å²) in [5, 5.41) is 3.27. The minimum atomic E-state index is -0.243. The summed E-state index contributed by atoms with van der Waals surface area (Å²) in [5.41, 5.74) is 1.43. The third kappa shape index (κ3) is 2.79. The van der Waals surface area contributed by atoms with E-state index < -0.39 is 0 Å². The quantitative estimate of drug-likeness (QED) is 0.886. The third-order valence-corrected chi connectivity index (χ3v) is 2.81. The van der Waals surface area contributed by atoms with Crippen molar-refractivity contribution < 1.29 is 8.81 Å². The molecule has 0 saturated heterocycles. The van der Waals surface area contributed by atoms with Crippen molar-refractivity contribution in [2.24, 2.45) is 0 Å². The van der Waals surface area contributed by atoms with Crippen LogP contribution in [0.15, 0.2) is 34.7 Å². The number of furan rings is 1. The Morgan fingerprint density at radius 2 is 2.00 bits per heavy atom. The van der Waals surface area contributed by atoms with Crippen molar-refractivity contribution in [3.05, 3.63) is 47.5 Å². The molecule has 18 heavy (non-hydrogen) atoms. The molecule has 0 fully saturated rings.